The Balaban J connectivity index is 3.41. The molecule has 0 aliphatic rings. The first-order valence-corrected chi connectivity index (χ1v) is 32.6. The Morgan fingerprint density at radius 1 is 0.375 bits per heavy atom. The van der Waals surface area contributed by atoms with E-state index in [0.29, 0.717) is 25.9 Å². The highest BCUT2D eigenvalue weighted by molar-refractivity contribution is 5.76. The van der Waals surface area contributed by atoms with Crippen LogP contribution in [0.1, 0.15) is 361 Å². The predicted molar refractivity (Wildman–Crippen MR) is 315 cm³/mol. The molecule has 0 aliphatic carbocycles. The molecule has 2 atom stereocenters. The number of ether oxygens (including phenoxy) is 1. The van der Waals surface area contributed by atoms with Crippen LogP contribution in [-0.2, 0) is 14.3 Å². The monoisotopic (exact) mass is 1010 g/mol. The lowest BCUT2D eigenvalue weighted by molar-refractivity contribution is -0.143. The van der Waals surface area contributed by atoms with Crippen molar-refractivity contribution in [2.75, 3.05) is 13.2 Å². The highest BCUT2D eigenvalue weighted by Crippen LogP contribution is 2.18. The average Bonchev–Trinajstić information content (AvgIpc) is 3.38. The molecule has 0 aromatic carbocycles. The fourth-order valence-corrected chi connectivity index (χ4v) is 10.2. The molecule has 0 aromatic rings. The van der Waals surface area contributed by atoms with Gasteiger partial charge in [0.1, 0.15) is 0 Å². The average molecular weight is 1010 g/mol. The maximum absolute atomic E-state index is 12.5. The van der Waals surface area contributed by atoms with Gasteiger partial charge >= 0.3 is 5.97 Å². The zero-order chi connectivity index (χ0) is 52.2. The van der Waals surface area contributed by atoms with E-state index in [1.54, 1.807) is 0 Å². The summed E-state index contributed by atoms with van der Waals surface area (Å²) in [7, 11) is 0. The molecule has 72 heavy (non-hydrogen) atoms. The van der Waals surface area contributed by atoms with Gasteiger partial charge in [0.05, 0.1) is 25.4 Å². The van der Waals surface area contributed by atoms with Crippen LogP contribution in [0.15, 0.2) is 24.3 Å². The number of allylic oxidation sites excluding steroid dienone is 4. The molecule has 0 rings (SSSR count). The lowest BCUT2D eigenvalue weighted by Crippen LogP contribution is -2.45. The maximum atomic E-state index is 12.5. The van der Waals surface area contributed by atoms with Gasteiger partial charge in [0.15, 0.2) is 0 Å². The first kappa shape index (κ1) is 70.3. The highest BCUT2D eigenvalue weighted by atomic mass is 16.5. The van der Waals surface area contributed by atoms with Gasteiger partial charge in [-0.25, -0.2) is 0 Å². The Morgan fingerprint density at radius 3 is 0.986 bits per heavy atom. The van der Waals surface area contributed by atoms with E-state index < -0.39 is 12.1 Å². The van der Waals surface area contributed by atoms with Gasteiger partial charge in [0, 0.05) is 12.8 Å². The molecule has 0 saturated carbocycles. The van der Waals surface area contributed by atoms with Gasteiger partial charge in [-0.05, 0) is 77.0 Å². The summed E-state index contributed by atoms with van der Waals surface area (Å²) in [5.41, 5.74) is 0. The molecule has 6 heteroatoms. The lowest BCUT2D eigenvalue weighted by atomic mass is 10.0. The first-order chi connectivity index (χ1) is 35.5. The van der Waals surface area contributed by atoms with Gasteiger partial charge in [0.2, 0.25) is 5.91 Å². The number of hydrogen-bond donors (Lipinski definition) is 3. The number of hydrogen-bond acceptors (Lipinski definition) is 5. The van der Waals surface area contributed by atoms with E-state index in [9.17, 15) is 19.8 Å². The molecule has 6 nitrogen and oxygen atoms in total. The maximum Gasteiger partial charge on any atom is 0.305 e. The molecule has 3 N–H and O–H groups in total. The number of nitrogens with one attached hydrogen (secondary N) is 1. The second-order valence-corrected chi connectivity index (χ2v) is 22.4. The van der Waals surface area contributed by atoms with Crippen molar-refractivity contribution in [3.63, 3.8) is 0 Å². The van der Waals surface area contributed by atoms with Crippen LogP contribution in [0.25, 0.3) is 0 Å². The Hall–Kier alpha value is -1.66. The molecular weight excluding hydrogens is 887 g/mol. The zero-order valence-corrected chi connectivity index (χ0v) is 48.7. The van der Waals surface area contributed by atoms with Gasteiger partial charge in [-0.15, -0.1) is 0 Å². The number of esters is 1. The van der Waals surface area contributed by atoms with Crippen molar-refractivity contribution in [2.24, 2.45) is 0 Å². The second kappa shape index (κ2) is 61.9. The Labute approximate surface area is 450 Å². The van der Waals surface area contributed by atoms with E-state index in [-0.39, 0.29) is 18.5 Å². The van der Waals surface area contributed by atoms with Crippen molar-refractivity contribution >= 4 is 11.9 Å². The minimum absolute atomic E-state index is 0.00554. The van der Waals surface area contributed by atoms with Crippen molar-refractivity contribution in [2.45, 2.75) is 373 Å². The number of aliphatic hydroxyl groups is 2. The quantitative estimate of drug-likeness (QED) is 0.0320. The SMILES string of the molecule is CCCCCCCC/C=C\CCCCCCCCCC(=O)OCCCCCCCCCCCC/C=C\CCCCCCCCCC(=O)NC(CO)C(O)CCCCCCCCCCCCCCCCCCC. The molecular formula is C66H127NO5. The highest BCUT2D eigenvalue weighted by Gasteiger charge is 2.20. The Bertz CT molecular complexity index is 1120. The standard InChI is InChI=1S/C66H127NO5/c1-3-5-7-9-11-13-15-17-19-26-30-34-38-42-46-50-54-58-64(69)63(62-68)67-65(70)59-55-51-47-43-39-35-31-28-24-22-21-23-25-29-33-37-41-45-49-53-57-61-72-66(71)60-56-52-48-44-40-36-32-27-20-18-16-14-12-10-8-6-4-2/h18,20,22,24,63-64,68-69H,3-17,19,21,23,25-62H2,1-2H3,(H,67,70)/b20-18-,24-22-. The molecule has 0 bridgehead atoms. The van der Waals surface area contributed by atoms with Gasteiger partial charge < -0.3 is 20.3 Å². The van der Waals surface area contributed by atoms with E-state index >= 15 is 0 Å². The predicted octanol–water partition coefficient (Wildman–Crippen LogP) is 20.6. The largest absolute Gasteiger partial charge is 0.466 e. The summed E-state index contributed by atoms with van der Waals surface area (Å²) in [6, 6.07) is -0.547. The molecule has 0 aromatic heterocycles. The van der Waals surface area contributed by atoms with Gasteiger partial charge in [0.25, 0.3) is 0 Å². The summed E-state index contributed by atoms with van der Waals surface area (Å²) in [6.45, 7) is 4.97. The van der Waals surface area contributed by atoms with E-state index in [4.69, 9.17) is 4.74 Å². The van der Waals surface area contributed by atoms with Crippen LogP contribution in [0.4, 0.5) is 0 Å². The summed E-state index contributed by atoms with van der Waals surface area (Å²) < 4.78 is 5.49. The smallest absolute Gasteiger partial charge is 0.305 e. The van der Waals surface area contributed by atoms with Crippen LogP contribution in [0, 0.1) is 0 Å². The van der Waals surface area contributed by atoms with Gasteiger partial charge in [-0.2, -0.15) is 0 Å². The fourth-order valence-electron chi connectivity index (χ4n) is 10.2. The van der Waals surface area contributed by atoms with Crippen LogP contribution >= 0.6 is 0 Å². The molecule has 0 saturated heterocycles. The van der Waals surface area contributed by atoms with Crippen LogP contribution in [0.3, 0.4) is 0 Å². The molecule has 2 unspecified atom stereocenters. The van der Waals surface area contributed by atoms with E-state index in [2.05, 4.69) is 43.5 Å². The van der Waals surface area contributed by atoms with Crippen molar-refractivity contribution in [3.8, 4) is 0 Å². The molecule has 0 spiro atoms. The zero-order valence-electron chi connectivity index (χ0n) is 48.7. The summed E-state index contributed by atoms with van der Waals surface area (Å²) in [6.07, 6.45) is 76.2. The van der Waals surface area contributed by atoms with E-state index in [1.165, 1.54) is 283 Å². The number of carbonyl (C=O) groups excluding carboxylic acids is 2. The van der Waals surface area contributed by atoms with Crippen LogP contribution in [0.5, 0.6) is 0 Å². The van der Waals surface area contributed by atoms with Gasteiger partial charge in [-0.3, -0.25) is 9.59 Å². The van der Waals surface area contributed by atoms with Crippen molar-refractivity contribution < 1.29 is 24.5 Å². The molecule has 0 fully saturated rings. The van der Waals surface area contributed by atoms with E-state index in [1.807, 2.05) is 0 Å². The minimum atomic E-state index is -0.669. The molecule has 0 aliphatic heterocycles. The number of rotatable bonds is 61. The van der Waals surface area contributed by atoms with Crippen molar-refractivity contribution in [1.29, 1.82) is 0 Å². The third-order valence-electron chi connectivity index (χ3n) is 15.2. The number of aliphatic hydroxyl groups excluding tert-OH is 2. The molecule has 0 heterocycles. The second-order valence-electron chi connectivity index (χ2n) is 22.4. The van der Waals surface area contributed by atoms with Crippen LogP contribution in [0.2, 0.25) is 0 Å². The molecule has 1 amide bonds. The summed E-state index contributed by atoms with van der Waals surface area (Å²) >= 11 is 0. The van der Waals surface area contributed by atoms with E-state index in [0.717, 1.165) is 44.9 Å². The Kier molecular flexibility index (Phi) is 60.5. The topological polar surface area (TPSA) is 95.9 Å². The molecule has 426 valence electrons. The summed E-state index contributed by atoms with van der Waals surface area (Å²) in [5, 5.41) is 23.3. The van der Waals surface area contributed by atoms with Crippen LogP contribution < -0.4 is 5.32 Å². The normalized spacial score (nSPS) is 12.7. The van der Waals surface area contributed by atoms with Gasteiger partial charge in [-0.1, -0.05) is 295 Å². The number of unbranched alkanes of at least 4 members (excludes halogenated alkanes) is 46. The lowest BCUT2D eigenvalue weighted by Gasteiger charge is -2.22. The third-order valence-corrected chi connectivity index (χ3v) is 15.2. The minimum Gasteiger partial charge on any atom is -0.466 e. The first-order valence-electron chi connectivity index (χ1n) is 32.6. The Morgan fingerprint density at radius 2 is 0.653 bits per heavy atom. The van der Waals surface area contributed by atoms with Crippen molar-refractivity contribution in [3.05, 3.63) is 24.3 Å². The fraction of sp³-hybridized carbons (Fsp3) is 0.909. The summed E-state index contributed by atoms with van der Waals surface area (Å²) in [4.78, 5) is 24.6. The van der Waals surface area contributed by atoms with Crippen LogP contribution in [-0.4, -0.2) is 47.4 Å². The molecule has 0 radical (unpaired) electrons. The van der Waals surface area contributed by atoms with Crippen molar-refractivity contribution in [1.82, 2.24) is 5.32 Å². The summed E-state index contributed by atoms with van der Waals surface area (Å²) in [5.74, 6) is -0.0345. The number of amides is 1. The third kappa shape index (κ3) is 57.6. The number of carbonyl (C=O) groups is 2.